The molecule has 1 atom stereocenters. The van der Waals surface area contributed by atoms with Gasteiger partial charge in [0, 0.05) is 31.8 Å². The first-order valence-corrected chi connectivity index (χ1v) is 8.02. The topological polar surface area (TPSA) is 35.5 Å². The zero-order valence-electron chi connectivity index (χ0n) is 12.9. The Bertz CT molecular complexity index is 423. The van der Waals surface area contributed by atoms with E-state index in [1.807, 2.05) is 13.1 Å². The Morgan fingerprint density at radius 3 is 2.76 bits per heavy atom. The van der Waals surface area contributed by atoms with Crippen molar-refractivity contribution in [3.05, 3.63) is 35.6 Å². The van der Waals surface area contributed by atoms with Gasteiger partial charge in [-0.05, 0) is 50.4 Å². The Morgan fingerprint density at radius 1 is 1.38 bits per heavy atom. The summed E-state index contributed by atoms with van der Waals surface area (Å²) in [6.07, 6.45) is 5.66. The molecule has 0 bridgehead atoms. The number of aliphatic hydroxyl groups excluding tert-OH is 1. The monoisotopic (exact) mass is 294 g/mol. The third-order valence-electron chi connectivity index (χ3n) is 4.50. The first-order valence-electron chi connectivity index (χ1n) is 8.02. The molecule has 0 radical (unpaired) electrons. The fourth-order valence-electron chi connectivity index (χ4n) is 3.00. The molecule has 1 aromatic rings. The quantitative estimate of drug-likeness (QED) is 0.735. The highest BCUT2D eigenvalue weighted by molar-refractivity contribution is 5.20. The van der Waals surface area contributed by atoms with E-state index in [1.165, 1.54) is 25.3 Å². The van der Waals surface area contributed by atoms with Gasteiger partial charge in [0.25, 0.3) is 0 Å². The van der Waals surface area contributed by atoms with Crippen molar-refractivity contribution in [1.82, 2.24) is 10.2 Å². The zero-order chi connectivity index (χ0) is 15.1. The second-order valence-corrected chi connectivity index (χ2v) is 5.88. The van der Waals surface area contributed by atoms with Crippen LogP contribution in [0.4, 0.5) is 4.39 Å². The van der Waals surface area contributed by atoms with Crippen LogP contribution < -0.4 is 5.32 Å². The van der Waals surface area contributed by atoms with Crippen LogP contribution in [0.25, 0.3) is 0 Å². The average Bonchev–Trinajstić information content (AvgIpc) is 2.43. The Morgan fingerprint density at radius 2 is 2.19 bits per heavy atom. The summed E-state index contributed by atoms with van der Waals surface area (Å²) < 4.78 is 13.4. The summed E-state index contributed by atoms with van der Waals surface area (Å²) in [5, 5.41) is 12.3. The lowest BCUT2D eigenvalue weighted by Gasteiger charge is -2.38. The lowest BCUT2D eigenvalue weighted by Crippen LogP contribution is -2.42. The van der Waals surface area contributed by atoms with E-state index < -0.39 is 0 Å². The van der Waals surface area contributed by atoms with Crippen LogP contribution in [0.3, 0.4) is 0 Å². The number of halogens is 1. The van der Waals surface area contributed by atoms with E-state index in [0.29, 0.717) is 6.04 Å². The first kappa shape index (κ1) is 16.4. The van der Waals surface area contributed by atoms with E-state index in [2.05, 4.69) is 10.2 Å². The van der Waals surface area contributed by atoms with Crippen molar-refractivity contribution in [1.29, 1.82) is 0 Å². The lowest BCUT2D eigenvalue weighted by molar-refractivity contribution is 0.112. The van der Waals surface area contributed by atoms with Crippen molar-refractivity contribution in [2.45, 2.75) is 44.2 Å². The molecule has 2 N–H and O–H groups in total. The summed E-state index contributed by atoms with van der Waals surface area (Å²) in [7, 11) is 1.93. The summed E-state index contributed by atoms with van der Waals surface area (Å²) in [6.45, 7) is 2.20. The van der Waals surface area contributed by atoms with Crippen molar-refractivity contribution in [3.8, 4) is 0 Å². The molecule has 0 heterocycles. The SMILES string of the molecule is CNC(CCN(CCCO)C1CCC1)c1cccc(F)c1. The Balaban J connectivity index is 1.90. The fraction of sp³-hybridized carbons (Fsp3) is 0.647. The number of hydrogen-bond acceptors (Lipinski definition) is 3. The molecular formula is C17H27FN2O. The number of hydrogen-bond donors (Lipinski definition) is 2. The van der Waals surface area contributed by atoms with Crippen LogP contribution in [0.2, 0.25) is 0 Å². The van der Waals surface area contributed by atoms with Crippen molar-refractivity contribution in [2.24, 2.45) is 0 Å². The van der Waals surface area contributed by atoms with Gasteiger partial charge in [-0.25, -0.2) is 4.39 Å². The van der Waals surface area contributed by atoms with Crippen molar-refractivity contribution in [2.75, 3.05) is 26.7 Å². The van der Waals surface area contributed by atoms with Crippen LogP contribution in [0.1, 0.15) is 43.7 Å². The molecule has 0 amide bonds. The Hall–Kier alpha value is -0.970. The van der Waals surface area contributed by atoms with E-state index in [-0.39, 0.29) is 18.5 Å². The zero-order valence-corrected chi connectivity index (χ0v) is 12.9. The van der Waals surface area contributed by atoms with E-state index >= 15 is 0 Å². The smallest absolute Gasteiger partial charge is 0.123 e. The van der Waals surface area contributed by atoms with Crippen LogP contribution in [-0.4, -0.2) is 42.8 Å². The number of nitrogens with one attached hydrogen (secondary N) is 1. The molecule has 4 heteroatoms. The highest BCUT2D eigenvalue weighted by Gasteiger charge is 2.25. The average molecular weight is 294 g/mol. The molecule has 3 nitrogen and oxygen atoms in total. The van der Waals surface area contributed by atoms with Gasteiger partial charge in [-0.2, -0.15) is 0 Å². The predicted molar refractivity (Wildman–Crippen MR) is 83.7 cm³/mol. The summed E-state index contributed by atoms with van der Waals surface area (Å²) in [6, 6.07) is 7.70. The number of aliphatic hydroxyl groups is 1. The maximum Gasteiger partial charge on any atom is 0.123 e. The third-order valence-corrected chi connectivity index (χ3v) is 4.50. The maximum atomic E-state index is 13.4. The molecule has 21 heavy (non-hydrogen) atoms. The van der Waals surface area contributed by atoms with E-state index in [0.717, 1.165) is 31.5 Å². The number of rotatable bonds is 9. The molecular weight excluding hydrogens is 267 g/mol. The highest BCUT2D eigenvalue weighted by Crippen LogP contribution is 2.26. The predicted octanol–water partition coefficient (Wildman–Crippen LogP) is 2.71. The van der Waals surface area contributed by atoms with Crippen molar-refractivity contribution < 1.29 is 9.50 Å². The van der Waals surface area contributed by atoms with Crippen molar-refractivity contribution in [3.63, 3.8) is 0 Å². The minimum absolute atomic E-state index is 0.177. The normalized spacial score (nSPS) is 17.0. The summed E-state index contributed by atoms with van der Waals surface area (Å²) in [4.78, 5) is 2.49. The molecule has 0 aliphatic heterocycles. The van der Waals surface area contributed by atoms with Gasteiger partial charge < -0.3 is 15.3 Å². The number of benzene rings is 1. The molecule has 0 spiro atoms. The summed E-state index contributed by atoms with van der Waals surface area (Å²) in [5.74, 6) is -0.177. The molecule has 1 unspecified atom stereocenters. The van der Waals surface area contributed by atoms with Crippen LogP contribution in [0, 0.1) is 5.82 Å². The third kappa shape index (κ3) is 4.77. The van der Waals surface area contributed by atoms with Gasteiger partial charge in [-0.1, -0.05) is 18.6 Å². The highest BCUT2D eigenvalue weighted by atomic mass is 19.1. The largest absolute Gasteiger partial charge is 0.396 e. The van der Waals surface area contributed by atoms with Crippen LogP contribution >= 0.6 is 0 Å². The summed E-state index contributed by atoms with van der Waals surface area (Å²) >= 11 is 0. The van der Waals surface area contributed by atoms with E-state index in [1.54, 1.807) is 12.1 Å². The minimum atomic E-state index is -0.177. The Labute approximate surface area is 127 Å². The van der Waals surface area contributed by atoms with Gasteiger partial charge in [-0.3, -0.25) is 0 Å². The standard InChI is InChI=1S/C17H27FN2O/c1-19-17(14-5-2-6-15(18)13-14)9-11-20(10-4-12-21)16-7-3-8-16/h2,5-6,13,16-17,19,21H,3-4,7-12H2,1H3. The first-order chi connectivity index (χ1) is 10.2. The lowest BCUT2D eigenvalue weighted by atomic mass is 9.90. The van der Waals surface area contributed by atoms with Gasteiger partial charge in [0.15, 0.2) is 0 Å². The minimum Gasteiger partial charge on any atom is -0.396 e. The molecule has 1 aromatic carbocycles. The van der Waals surface area contributed by atoms with Crippen molar-refractivity contribution >= 4 is 0 Å². The Kier molecular flexibility index (Phi) is 6.61. The van der Waals surface area contributed by atoms with Crippen LogP contribution in [-0.2, 0) is 0 Å². The molecule has 1 fully saturated rings. The molecule has 1 aliphatic carbocycles. The van der Waals surface area contributed by atoms with E-state index in [4.69, 9.17) is 5.11 Å². The molecule has 0 aromatic heterocycles. The second-order valence-electron chi connectivity index (χ2n) is 5.88. The van der Waals surface area contributed by atoms with Gasteiger partial charge in [0.05, 0.1) is 0 Å². The summed E-state index contributed by atoms with van der Waals surface area (Å²) in [5.41, 5.74) is 1.01. The molecule has 0 saturated heterocycles. The van der Waals surface area contributed by atoms with Crippen LogP contribution in [0.15, 0.2) is 24.3 Å². The second kappa shape index (κ2) is 8.47. The van der Waals surface area contributed by atoms with Gasteiger partial charge in [-0.15, -0.1) is 0 Å². The van der Waals surface area contributed by atoms with E-state index in [9.17, 15) is 4.39 Å². The molecule has 2 rings (SSSR count). The van der Waals surface area contributed by atoms with Crippen LogP contribution in [0.5, 0.6) is 0 Å². The van der Waals surface area contributed by atoms with Gasteiger partial charge in [0.1, 0.15) is 5.82 Å². The fourth-order valence-corrected chi connectivity index (χ4v) is 3.00. The van der Waals surface area contributed by atoms with Gasteiger partial charge >= 0.3 is 0 Å². The number of nitrogens with zero attached hydrogens (tertiary/aromatic N) is 1. The molecule has 118 valence electrons. The molecule has 1 saturated carbocycles. The maximum absolute atomic E-state index is 13.4. The molecule has 1 aliphatic rings. The van der Waals surface area contributed by atoms with Gasteiger partial charge in [0.2, 0.25) is 0 Å².